The van der Waals surface area contributed by atoms with E-state index >= 15 is 0 Å². The van der Waals surface area contributed by atoms with Gasteiger partial charge in [-0.2, -0.15) is 24.4 Å². The second-order valence-electron chi connectivity index (χ2n) is 6.80. The molecule has 1 aliphatic heterocycles. The van der Waals surface area contributed by atoms with E-state index in [0.29, 0.717) is 18.7 Å². The molecule has 10 nitrogen and oxygen atoms in total. The fourth-order valence-corrected chi connectivity index (χ4v) is 3.52. The van der Waals surface area contributed by atoms with Gasteiger partial charge in [-0.05, 0) is 44.7 Å². The fourth-order valence-electron chi connectivity index (χ4n) is 2.79. The molecule has 0 aliphatic carbocycles. The van der Waals surface area contributed by atoms with Crippen LogP contribution in [0.5, 0.6) is 0 Å². The second kappa shape index (κ2) is 12.9. The van der Waals surface area contributed by atoms with Crippen LogP contribution in [0.1, 0.15) is 26.2 Å². The Morgan fingerprint density at radius 3 is 2.31 bits per heavy atom. The van der Waals surface area contributed by atoms with Gasteiger partial charge in [0.05, 0.1) is 12.1 Å². The molecule has 1 aliphatic rings. The first kappa shape index (κ1) is 25.5. The summed E-state index contributed by atoms with van der Waals surface area (Å²) in [5, 5.41) is 29.5. The third-order valence-corrected chi connectivity index (χ3v) is 5.49. The zero-order valence-corrected chi connectivity index (χ0v) is 18.2. The minimum atomic E-state index is -1.26. The summed E-state index contributed by atoms with van der Waals surface area (Å²) in [6.45, 7) is 2.05. The molecule has 0 aromatic rings. The molecule has 1 heterocycles. The third kappa shape index (κ3) is 8.41. The summed E-state index contributed by atoms with van der Waals surface area (Å²) in [6, 6.07) is -3.90. The highest BCUT2D eigenvalue weighted by molar-refractivity contribution is 7.98. The molecule has 1 saturated heterocycles. The summed E-state index contributed by atoms with van der Waals surface area (Å²) in [6.07, 6.45) is 2.33. The van der Waals surface area contributed by atoms with Crippen LogP contribution >= 0.6 is 24.4 Å². The van der Waals surface area contributed by atoms with Crippen LogP contribution in [0.4, 0.5) is 0 Å². The monoisotopic (exact) mass is 450 g/mol. The molecule has 5 atom stereocenters. The van der Waals surface area contributed by atoms with Crippen LogP contribution in [0.2, 0.25) is 0 Å². The quantitative estimate of drug-likeness (QED) is 0.174. The van der Waals surface area contributed by atoms with Crippen LogP contribution in [0.15, 0.2) is 0 Å². The predicted molar refractivity (Wildman–Crippen MR) is 113 cm³/mol. The molecule has 0 aromatic carbocycles. The molecule has 0 saturated carbocycles. The fraction of sp³-hybridized carbons (Fsp3) is 0.765. The first-order valence-electron chi connectivity index (χ1n) is 9.36. The number of hydrogen-bond donors (Lipinski definition) is 7. The molecule has 1 fully saturated rings. The Bertz CT molecular complexity index is 586. The Morgan fingerprint density at radius 1 is 1.17 bits per heavy atom. The maximum atomic E-state index is 12.6. The number of amides is 3. The molecule has 0 bridgehead atoms. The lowest BCUT2D eigenvalue weighted by atomic mass is 10.1. The highest BCUT2D eigenvalue weighted by Crippen LogP contribution is 2.06. The normalized spacial score (nSPS) is 20.2. The summed E-state index contributed by atoms with van der Waals surface area (Å²) in [7, 11) is 0. The van der Waals surface area contributed by atoms with Gasteiger partial charge in [-0.3, -0.25) is 14.4 Å². The minimum Gasteiger partial charge on any atom is -0.480 e. The number of aliphatic hydroxyl groups is 1. The number of aliphatic carboxylic acids is 1. The summed E-state index contributed by atoms with van der Waals surface area (Å²) in [5.41, 5.74) is 0. The number of carbonyl (C=O) groups is 4. The molecule has 0 aromatic heterocycles. The van der Waals surface area contributed by atoms with Crippen molar-refractivity contribution in [2.75, 3.05) is 24.3 Å². The molecular weight excluding hydrogens is 420 g/mol. The van der Waals surface area contributed by atoms with Crippen molar-refractivity contribution in [2.45, 2.75) is 56.5 Å². The third-order valence-electron chi connectivity index (χ3n) is 4.48. The van der Waals surface area contributed by atoms with Crippen LogP contribution in [0.3, 0.4) is 0 Å². The average Bonchev–Trinajstić information content (AvgIpc) is 3.21. The van der Waals surface area contributed by atoms with E-state index in [4.69, 9.17) is 0 Å². The molecule has 29 heavy (non-hydrogen) atoms. The lowest BCUT2D eigenvalue weighted by Gasteiger charge is -2.25. The maximum Gasteiger partial charge on any atom is 0.326 e. The Balaban J connectivity index is 2.72. The van der Waals surface area contributed by atoms with Gasteiger partial charge in [0.1, 0.15) is 18.1 Å². The molecule has 3 amide bonds. The molecule has 1 rings (SSSR count). The molecule has 5 unspecified atom stereocenters. The number of carboxylic acids is 1. The Morgan fingerprint density at radius 2 is 1.83 bits per heavy atom. The van der Waals surface area contributed by atoms with Gasteiger partial charge in [0.15, 0.2) is 0 Å². The van der Waals surface area contributed by atoms with E-state index in [9.17, 15) is 29.4 Å². The van der Waals surface area contributed by atoms with Gasteiger partial charge in [0.2, 0.25) is 17.7 Å². The van der Waals surface area contributed by atoms with Crippen molar-refractivity contribution in [3.63, 3.8) is 0 Å². The van der Waals surface area contributed by atoms with Crippen molar-refractivity contribution in [3.8, 4) is 0 Å². The van der Waals surface area contributed by atoms with Gasteiger partial charge in [0.25, 0.3) is 0 Å². The van der Waals surface area contributed by atoms with Gasteiger partial charge in [-0.1, -0.05) is 0 Å². The average molecular weight is 451 g/mol. The minimum absolute atomic E-state index is 0.0862. The van der Waals surface area contributed by atoms with Gasteiger partial charge >= 0.3 is 5.97 Å². The number of hydrogen-bond acceptors (Lipinski definition) is 8. The molecule has 0 radical (unpaired) electrons. The predicted octanol–water partition coefficient (Wildman–Crippen LogP) is -1.66. The zero-order chi connectivity index (χ0) is 22.0. The van der Waals surface area contributed by atoms with E-state index in [2.05, 4.69) is 33.9 Å². The van der Waals surface area contributed by atoms with Gasteiger partial charge < -0.3 is 31.5 Å². The number of thioether (sulfide) groups is 1. The van der Waals surface area contributed by atoms with Crippen LogP contribution in [-0.2, 0) is 19.2 Å². The van der Waals surface area contributed by atoms with Crippen molar-refractivity contribution in [1.29, 1.82) is 0 Å². The second-order valence-corrected chi connectivity index (χ2v) is 8.15. The van der Waals surface area contributed by atoms with E-state index in [0.717, 1.165) is 6.42 Å². The van der Waals surface area contributed by atoms with Gasteiger partial charge in [0, 0.05) is 5.75 Å². The SMILES string of the molecule is CSCCC(NC(=O)C(CS)NC(=O)C(NC(=O)C1CCCN1)C(C)O)C(=O)O. The van der Waals surface area contributed by atoms with Gasteiger partial charge in [-0.15, -0.1) is 0 Å². The number of rotatable bonds is 12. The number of nitrogens with one attached hydrogen (secondary N) is 4. The van der Waals surface area contributed by atoms with Crippen LogP contribution in [0, 0.1) is 0 Å². The van der Waals surface area contributed by atoms with E-state index < -0.39 is 54.0 Å². The summed E-state index contributed by atoms with van der Waals surface area (Å²) < 4.78 is 0. The van der Waals surface area contributed by atoms with Crippen molar-refractivity contribution in [2.24, 2.45) is 0 Å². The van der Waals surface area contributed by atoms with Crippen LogP contribution in [-0.4, -0.2) is 88.5 Å². The lowest BCUT2D eigenvalue weighted by molar-refractivity contribution is -0.142. The van der Waals surface area contributed by atoms with E-state index in [1.165, 1.54) is 18.7 Å². The number of carbonyl (C=O) groups excluding carboxylic acids is 3. The van der Waals surface area contributed by atoms with E-state index in [1.807, 2.05) is 6.26 Å². The van der Waals surface area contributed by atoms with Crippen molar-refractivity contribution >= 4 is 48.1 Å². The number of carboxylic acid groups (broad SMARTS) is 1. The zero-order valence-electron chi connectivity index (χ0n) is 16.5. The van der Waals surface area contributed by atoms with Crippen molar-refractivity contribution in [1.82, 2.24) is 21.3 Å². The number of aliphatic hydroxyl groups excluding tert-OH is 1. The summed E-state index contributed by atoms with van der Waals surface area (Å²) in [4.78, 5) is 48.5. The summed E-state index contributed by atoms with van der Waals surface area (Å²) in [5.74, 6) is -2.57. The van der Waals surface area contributed by atoms with Crippen LogP contribution < -0.4 is 21.3 Å². The molecular formula is C17H30N4O6S2. The van der Waals surface area contributed by atoms with Crippen molar-refractivity contribution in [3.05, 3.63) is 0 Å². The first-order chi connectivity index (χ1) is 13.7. The van der Waals surface area contributed by atoms with E-state index in [-0.39, 0.29) is 12.2 Å². The Kier molecular flexibility index (Phi) is 11.4. The molecule has 0 spiro atoms. The summed E-state index contributed by atoms with van der Waals surface area (Å²) >= 11 is 5.50. The standard InChI is InChI=1S/C17H30N4O6S2/c1-9(22)13(21-14(23)10-4-3-6-18-10)16(25)20-12(8-28)15(24)19-11(17(26)27)5-7-29-2/h9-13,18,22,28H,3-8H2,1-2H3,(H,19,24)(H,20,25)(H,21,23)(H,26,27). The molecule has 166 valence electrons. The topological polar surface area (TPSA) is 157 Å². The van der Waals surface area contributed by atoms with Gasteiger partial charge in [-0.25, -0.2) is 4.79 Å². The smallest absolute Gasteiger partial charge is 0.326 e. The first-order valence-corrected chi connectivity index (χ1v) is 11.4. The number of thiol groups is 1. The molecule has 6 N–H and O–H groups in total. The lowest BCUT2D eigenvalue weighted by Crippen LogP contribution is -2.60. The highest BCUT2D eigenvalue weighted by Gasteiger charge is 2.33. The van der Waals surface area contributed by atoms with E-state index in [1.54, 1.807) is 0 Å². The maximum absolute atomic E-state index is 12.6. The molecule has 12 heteroatoms. The van der Waals surface area contributed by atoms with Crippen LogP contribution in [0.25, 0.3) is 0 Å². The highest BCUT2D eigenvalue weighted by atomic mass is 32.2. The Hall–Kier alpha value is -1.50. The van der Waals surface area contributed by atoms with Crippen molar-refractivity contribution < 1.29 is 29.4 Å². The Labute approximate surface area is 179 Å². The largest absolute Gasteiger partial charge is 0.480 e.